The Labute approximate surface area is 153 Å². The smallest absolute Gasteiger partial charge is 0.346 e. The van der Waals surface area contributed by atoms with E-state index in [1.807, 2.05) is 0 Å². The van der Waals surface area contributed by atoms with E-state index in [4.69, 9.17) is 11.6 Å². The van der Waals surface area contributed by atoms with Crippen LogP contribution in [0.5, 0.6) is 0 Å². The van der Waals surface area contributed by atoms with Crippen molar-refractivity contribution in [2.75, 3.05) is 12.0 Å². The van der Waals surface area contributed by atoms with Gasteiger partial charge in [0.15, 0.2) is 0 Å². The maximum atomic E-state index is 15.7. The van der Waals surface area contributed by atoms with Crippen LogP contribution in [-0.4, -0.2) is 30.6 Å². The molecule has 0 aromatic heterocycles. The van der Waals surface area contributed by atoms with E-state index < -0.39 is 34.8 Å². The Morgan fingerprint density at radius 1 is 1.12 bits per heavy atom. The third kappa shape index (κ3) is 1.77. The number of fused-ring (bicyclic) bond motifs is 1. The van der Waals surface area contributed by atoms with Crippen LogP contribution in [0, 0.1) is 5.92 Å². The van der Waals surface area contributed by atoms with Crippen molar-refractivity contribution in [1.82, 2.24) is 0 Å². The first kappa shape index (κ1) is 16.7. The normalized spacial score (nSPS) is 29.5. The van der Waals surface area contributed by atoms with Crippen LogP contribution in [0.2, 0.25) is 5.02 Å². The molecule has 132 valence electrons. The maximum absolute atomic E-state index is 15.7. The lowest BCUT2D eigenvalue weighted by Crippen LogP contribution is -2.46. The Morgan fingerprint density at radius 3 is 2.31 bits per heavy atom. The summed E-state index contributed by atoms with van der Waals surface area (Å²) >= 11 is 5.88. The molecule has 1 saturated carbocycles. The molecule has 1 aliphatic heterocycles. The number of amides is 2. The van der Waals surface area contributed by atoms with E-state index in [9.17, 15) is 14.4 Å². The first-order valence-corrected chi connectivity index (χ1v) is 8.25. The van der Waals surface area contributed by atoms with Crippen LogP contribution in [0.4, 0.5) is 10.1 Å². The summed E-state index contributed by atoms with van der Waals surface area (Å²) in [5, 5.41) is 0.390. The molecule has 7 heteroatoms. The summed E-state index contributed by atoms with van der Waals surface area (Å²) in [6.07, 6.45) is 0. The number of carbonyl (C=O) groups excluding carboxylic acids is 3. The summed E-state index contributed by atoms with van der Waals surface area (Å²) < 4.78 is 20.2. The summed E-state index contributed by atoms with van der Waals surface area (Å²) in [6, 6.07) is 14.1. The van der Waals surface area contributed by atoms with Gasteiger partial charge in [0.25, 0.3) is 0 Å². The number of rotatable bonds is 3. The maximum Gasteiger partial charge on any atom is 0.346 e. The summed E-state index contributed by atoms with van der Waals surface area (Å²) in [5.41, 5.74) is -4.11. The van der Waals surface area contributed by atoms with Crippen LogP contribution in [0.1, 0.15) is 5.56 Å². The molecule has 2 aliphatic rings. The predicted molar refractivity (Wildman–Crippen MR) is 91.4 cm³/mol. The van der Waals surface area contributed by atoms with Gasteiger partial charge in [-0.3, -0.25) is 9.59 Å². The van der Waals surface area contributed by atoms with E-state index in [-0.39, 0.29) is 5.56 Å². The van der Waals surface area contributed by atoms with Crippen molar-refractivity contribution in [1.29, 1.82) is 0 Å². The predicted octanol–water partition coefficient (Wildman–Crippen LogP) is 2.66. The monoisotopic (exact) mass is 373 g/mol. The molecule has 1 aliphatic carbocycles. The molecule has 2 fully saturated rings. The SMILES string of the molecule is COC(=O)[C@@]1(F)[C@H]2C(=O)N(c3ccccc3)C(=O)[C@]21c1ccc(Cl)cc1. The largest absolute Gasteiger partial charge is 0.467 e. The zero-order valence-corrected chi connectivity index (χ0v) is 14.4. The minimum atomic E-state index is -2.73. The molecular weight excluding hydrogens is 361 g/mol. The number of alkyl halides is 1. The van der Waals surface area contributed by atoms with Crippen LogP contribution in [0.15, 0.2) is 54.6 Å². The van der Waals surface area contributed by atoms with Gasteiger partial charge in [-0.15, -0.1) is 0 Å². The molecule has 4 rings (SSSR count). The van der Waals surface area contributed by atoms with Gasteiger partial charge in [-0.1, -0.05) is 41.9 Å². The average molecular weight is 374 g/mol. The molecule has 2 aromatic rings. The Kier molecular flexibility index (Phi) is 3.46. The lowest BCUT2D eigenvalue weighted by atomic mass is 9.91. The van der Waals surface area contributed by atoms with Crippen molar-refractivity contribution in [3.8, 4) is 0 Å². The molecule has 0 N–H and O–H groups in total. The van der Waals surface area contributed by atoms with Gasteiger partial charge in [0.05, 0.1) is 12.8 Å². The Morgan fingerprint density at radius 2 is 1.73 bits per heavy atom. The van der Waals surface area contributed by atoms with Gasteiger partial charge >= 0.3 is 5.97 Å². The third-order valence-electron chi connectivity index (χ3n) is 5.13. The number of imide groups is 1. The fourth-order valence-electron chi connectivity index (χ4n) is 3.94. The molecular formula is C19H13ClFNO4. The van der Waals surface area contributed by atoms with E-state index in [1.165, 1.54) is 24.3 Å². The molecule has 0 unspecified atom stereocenters. The van der Waals surface area contributed by atoms with Gasteiger partial charge in [-0.2, -0.15) is 0 Å². The Balaban J connectivity index is 1.89. The van der Waals surface area contributed by atoms with Crippen molar-refractivity contribution in [3.63, 3.8) is 0 Å². The average Bonchev–Trinajstić information content (AvgIpc) is 3.15. The summed E-state index contributed by atoms with van der Waals surface area (Å²) in [4.78, 5) is 39.2. The van der Waals surface area contributed by atoms with Gasteiger partial charge in [0.1, 0.15) is 11.3 Å². The number of methoxy groups -OCH3 is 1. The van der Waals surface area contributed by atoms with Gasteiger partial charge in [-0.05, 0) is 29.8 Å². The topological polar surface area (TPSA) is 63.7 Å². The van der Waals surface area contributed by atoms with Gasteiger partial charge < -0.3 is 4.74 Å². The molecule has 26 heavy (non-hydrogen) atoms. The second kappa shape index (κ2) is 5.38. The third-order valence-corrected chi connectivity index (χ3v) is 5.38. The quantitative estimate of drug-likeness (QED) is 0.613. The number of halogens is 2. The highest BCUT2D eigenvalue weighted by atomic mass is 35.5. The summed E-state index contributed by atoms with van der Waals surface area (Å²) in [5.74, 6) is -4.24. The molecule has 0 bridgehead atoms. The van der Waals surface area contributed by atoms with Crippen molar-refractivity contribution in [2.45, 2.75) is 11.1 Å². The second-order valence-corrected chi connectivity index (χ2v) is 6.70. The van der Waals surface area contributed by atoms with Crippen LogP contribution in [-0.2, 0) is 24.5 Å². The fourth-order valence-corrected chi connectivity index (χ4v) is 4.07. The van der Waals surface area contributed by atoms with Crippen LogP contribution in [0.25, 0.3) is 0 Å². The molecule has 1 saturated heterocycles. The number of carbonyl (C=O) groups is 3. The van der Waals surface area contributed by atoms with Crippen molar-refractivity contribution < 1.29 is 23.5 Å². The van der Waals surface area contributed by atoms with Crippen LogP contribution < -0.4 is 4.90 Å². The van der Waals surface area contributed by atoms with Gasteiger partial charge in [-0.25, -0.2) is 14.1 Å². The molecule has 2 amide bonds. The highest BCUT2D eigenvalue weighted by Crippen LogP contribution is 2.71. The first-order valence-electron chi connectivity index (χ1n) is 7.87. The van der Waals surface area contributed by atoms with E-state index in [0.717, 1.165) is 12.0 Å². The van der Waals surface area contributed by atoms with Crippen molar-refractivity contribution in [3.05, 3.63) is 65.2 Å². The van der Waals surface area contributed by atoms with E-state index in [1.54, 1.807) is 30.3 Å². The number of para-hydroxylation sites is 1. The number of hydrogen-bond acceptors (Lipinski definition) is 4. The number of benzene rings is 2. The van der Waals surface area contributed by atoms with Crippen LogP contribution in [0.3, 0.4) is 0 Å². The van der Waals surface area contributed by atoms with E-state index in [0.29, 0.717) is 10.7 Å². The van der Waals surface area contributed by atoms with E-state index in [2.05, 4.69) is 4.74 Å². The molecule has 1 heterocycles. The summed E-state index contributed by atoms with van der Waals surface area (Å²) in [6.45, 7) is 0. The number of piperidine rings is 1. The number of ether oxygens (including phenoxy) is 1. The molecule has 5 nitrogen and oxygen atoms in total. The fraction of sp³-hybridized carbons (Fsp3) is 0.211. The minimum absolute atomic E-state index is 0.219. The number of anilines is 1. The lowest BCUT2D eigenvalue weighted by Gasteiger charge is -2.24. The minimum Gasteiger partial charge on any atom is -0.467 e. The van der Waals surface area contributed by atoms with Crippen molar-refractivity contribution >= 4 is 35.1 Å². The standard InChI is InChI=1S/C19H13ClFNO4/c1-26-17(25)19(21)14-15(23)22(13-5-3-2-4-6-13)16(24)18(14,19)11-7-9-12(20)10-8-11/h2-10,14H,1H3/t14-,18-,19-/m0/s1. The molecule has 0 spiro atoms. The van der Waals surface area contributed by atoms with Crippen LogP contribution >= 0.6 is 11.6 Å². The van der Waals surface area contributed by atoms with E-state index >= 15 is 4.39 Å². The highest BCUT2D eigenvalue weighted by molar-refractivity contribution is 6.34. The molecule has 3 atom stereocenters. The van der Waals surface area contributed by atoms with Crippen molar-refractivity contribution in [2.24, 2.45) is 5.92 Å². The zero-order chi connectivity index (χ0) is 18.7. The lowest BCUT2D eigenvalue weighted by molar-refractivity contribution is -0.152. The zero-order valence-electron chi connectivity index (χ0n) is 13.6. The molecule has 0 radical (unpaired) electrons. The van der Waals surface area contributed by atoms with Gasteiger partial charge in [0, 0.05) is 5.02 Å². The molecule has 2 aromatic carbocycles. The number of nitrogens with zero attached hydrogens (tertiary/aromatic N) is 1. The number of hydrogen-bond donors (Lipinski definition) is 0. The summed E-state index contributed by atoms with van der Waals surface area (Å²) in [7, 11) is 1.02. The first-order chi connectivity index (χ1) is 12.4. The second-order valence-electron chi connectivity index (χ2n) is 6.27. The van der Waals surface area contributed by atoms with Gasteiger partial charge in [0.2, 0.25) is 17.5 Å². The highest BCUT2D eigenvalue weighted by Gasteiger charge is 2.94. The number of esters is 1. The Hall–Kier alpha value is -2.73. The Bertz CT molecular complexity index is 932.